The van der Waals surface area contributed by atoms with Gasteiger partial charge >= 0.3 is 0 Å². The van der Waals surface area contributed by atoms with Crippen LogP contribution in [0, 0.1) is 0 Å². The summed E-state index contributed by atoms with van der Waals surface area (Å²) in [5.41, 5.74) is 6.92. The van der Waals surface area contributed by atoms with Crippen LogP contribution in [-0.4, -0.2) is 38.2 Å². The second kappa shape index (κ2) is 10.7. The van der Waals surface area contributed by atoms with Crippen molar-refractivity contribution in [2.45, 2.75) is 39.0 Å². The van der Waals surface area contributed by atoms with Crippen LogP contribution in [0.15, 0.2) is 24.3 Å². The number of rotatable bonds is 11. The Labute approximate surface area is 124 Å². The fraction of sp³-hybridized carbons (Fsp3) is 0.647. The van der Waals surface area contributed by atoms with Gasteiger partial charge in [-0.25, -0.2) is 0 Å². The molecule has 0 aliphatic heterocycles. The molecule has 20 heavy (non-hydrogen) atoms. The maximum atomic E-state index is 5.54. The van der Waals surface area contributed by atoms with E-state index in [0.29, 0.717) is 0 Å². The largest absolute Gasteiger partial charge is 0.497 e. The predicted octanol–water partition coefficient (Wildman–Crippen LogP) is 3.08. The van der Waals surface area contributed by atoms with Crippen molar-refractivity contribution in [3.8, 4) is 5.75 Å². The molecule has 0 aromatic heterocycles. The Bertz CT molecular complexity index is 337. The van der Waals surface area contributed by atoms with Gasteiger partial charge < -0.3 is 15.4 Å². The van der Waals surface area contributed by atoms with Crippen LogP contribution >= 0.6 is 0 Å². The molecule has 0 saturated heterocycles. The van der Waals surface area contributed by atoms with E-state index in [9.17, 15) is 0 Å². The molecule has 0 unspecified atom stereocenters. The number of nitrogens with two attached hydrogens (primary N) is 1. The van der Waals surface area contributed by atoms with Crippen molar-refractivity contribution in [2.24, 2.45) is 5.73 Å². The third kappa shape index (κ3) is 6.92. The highest BCUT2D eigenvalue weighted by Gasteiger charge is 2.04. The molecule has 3 heteroatoms. The van der Waals surface area contributed by atoms with Crippen molar-refractivity contribution in [3.63, 3.8) is 0 Å². The molecule has 0 fully saturated rings. The summed E-state index contributed by atoms with van der Waals surface area (Å²) in [5, 5.41) is 0. The highest BCUT2D eigenvalue weighted by molar-refractivity contribution is 5.27. The van der Waals surface area contributed by atoms with Gasteiger partial charge in [-0.3, -0.25) is 0 Å². The Kier molecular flexibility index (Phi) is 9.09. The minimum Gasteiger partial charge on any atom is -0.497 e. The molecule has 0 aliphatic carbocycles. The van der Waals surface area contributed by atoms with Crippen LogP contribution in [-0.2, 0) is 6.42 Å². The van der Waals surface area contributed by atoms with Gasteiger partial charge in [-0.2, -0.15) is 0 Å². The zero-order chi connectivity index (χ0) is 14.6. The lowest BCUT2D eigenvalue weighted by molar-refractivity contribution is 0.271. The lowest BCUT2D eigenvalue weighted by Crippen LogP contribution is -2.28. The van der Waals surface area contributed by atoms with Crippen LogP contribution in [0.1, 0.15) is 38.2 Å². The smallest absolute Gasteiger partial charge is 0.118 e. The van der Waals surface area contributed by atoms with E-state index < -0.39 is 0 Å². The molecule has 1 aromatic rings. The molecule has 0 radical (unpaired) electrons. The molecule has 2 N–H and O–H groups in total. The molecular formula is C17H30N2O. The van der Waals surface area contributed by atoms with Gasteiger partial charge in [0, 0.05) is 6.54 Å². The number of nitrogens with zero attached hydrogens (tertiary/aromatic N) is 1. The van der Waals surface area contributed by atoms with Gasteiger partial charge in [0.15, 0.2) is 0 Å². The normalized spacial score (nSPS) is 11.0. The van der Waals surface area contributed by atoms with Crippen LogP contribution in [0.3, 0.4) is 0 Å². The Balaban J connectivity index is 2.32. The number of ether oxygens (including phenoxy) is 1. The van der Waals surface area contributed by atoms with E-state index in [1.165, 1.54) is 37.9 Å². The average molecular weight is 278 g/mol. The minimum atomic E-state index is 0.819. The van der Waals surface area contributed by atoms with Gasteiger partial charge in [0.2, 0.25) is 0 Å². The molecule has 0 atom stereocenters. The highest BCUT2D eigenvalue weighted by atomic mass is 16.5. The lowest BCUT2D eigenvalue weighted by Gasteiger charge is -2.21. The average Bonchev–Trinajstić information content (AvgIpc) is 2.49. The fourth-order valence-corrected chi connectivity index (χ4v) is 2.39. The van der Waals surface area contributed by atoms with Gasteiger partial charge in [-0.1, -0.05) is 25.5 Å². The molecule has 3 nitrogen and oxygen atoms in total. The molecular weight excluding hydrogens is 248 g/mol. The van der Waals surface area contributed by atoms with Gasteiger partial charge in [-0.05, 0) is 63.0 Å². The maximum Gasteiger partial charge on any atom is 0.118 e. The van der Waals surface area contributed by atoms with Gasteiger partial charge in [0.05, 0.1) is 7.11 Å². The second-order valence-corrected chi connectivity index (χ2v) is 5.29. The number of unbranched alkanes of at least 4 members (excludes halogenated alkanes) is 2. The quantitative estimate of drug-likeness (QED) is 0.632. The fourth-order valence-electron chi connectivity index (χ4n) is 2.39. The Hall–Kier alpha value is -1.06. The molecule has 1 rings (SSSR count). The van der Waals surface area contributed by atoms with Gasteiger partial charge in [0.1, 0.15) is 5.75 Å². The highest BCUT2D eigenvalue weighted by Crippen LogP contribution is 2.12. The minimum absolute atomic E-state index is 0.819. The number of hydrogen-bond donors (Lipinski definition) is 1. The summed E-state index contributed by atoms with van der Waals surface area (Å²) in [6.45, 7) is 6.60. The maximum absolute atomic E-state index is 5.54. The van der Waals surface area contributed by atoms with Crippen LogP contribution in [0.2, 0.25) is 0 Å². The Morgan fingerprint density at radius 3 is 2.35 bits per heavy atom. The molecule has 0 bridgehead atoms. The van der Waals surface area contributed by atoms with E-state index >= 15 is 0 Å². The molecule has 0 saturated carbocycles. The Morgan fingerprint density at radius 1 is 1.00 bits per heavy atom. The van der Waals surface area contributed by atoms with E-state index in [0.717, 1.165) is 31.7 Å². The first-order valence-electron chi connectivity index (χ1n) is 7.85. The SMILES string of the molecule is CCCN(CCCCCN)CCc1ccc(OC)cc1. The molecule has 0 heterocycles. The van der Waals surface area contributed by atoms with E-state index in [1.807, 2.05) is 12.1 Å². The standard InChI is InChI=1S/C17H30N2O/c1-3-13-19(14-6-4-5-12-18)15-11-16-7-9-17(20-2)10-8-16/h7-10H,3-6,11-15,18H2,1-2H3. The van der Waals surface area contributed by atoms with Crippen molar-refractivity contribution >= 4 is 0 Å². The molecule has 1 aromatic carbocycles. The van der Waals surface area contributed by atoms with Crippen LogP contribution in [0.25, 0.3) is 0 Å². The van der Waals surface area contributed by atoms with Gasteiger partial charge in [0.25, 0.3) is 0 Å². The molecule has 0 aliphatic rings. The van der Waals surface area contributed by atoms with Crippen LogP contribution < -0.4 is 10.5 Å². The lowest BCUT2D eigenvalue weighted by atomic mass is 10.1. The van der Waals surface area contributed by atoms with E-state index in [4.69, 9.17) is 10.5 Å². The summed E-state index contributed by atoms with van der Waals surface area (Å²) in [5.74, 6) is 0.931. The van der Waals surface area contributed by atoms with Gasteiger partial charge in [-0.15, -0.1) is 0 Å². The first-order valence-corrected chi connectivity index (χ1v) is 7.85. The summed E-state index contributed by atoms with van der Waals surface area (Å²) < 4.78 is 5.19. The first-order chi connectivity index (χ1) is 9.80. The monoisotopic (exact) mass is 278 g/mol. The second-order valence-electron chi connectivity index (χ2n) is 5.29. The summed E-state index contributed by atoms with van der Waals surface area (Å²) in [7, 11) is 1.71. The summed E-state index contributed by atoms with van der Waals surface area (Å²) >= 11 is 0. The first kappa shape index (κ1) is 17.0. The third-order valence-corrected chi connectivity index (χ3v) is 3.59. The number of benzene rings is 1. The van der Waals surface area contributed by atoms with Crippen LogP contribution in [0.5, 0.6) is 5.75 Å². The molecule has 0 amide bonds. The van der Waals surface area contributed by atoms with E-state index in [2.05, 4.69) is 24.0 Å². The van der Waals surface area contributed by atoms with Crippen molar-refractivity contribution in [3.05, 3.63) is 29.8 Å². The van der Waals surface area contributed by atoms with Crippen LogP contribution in [0.4, 0.5) is 0 Å². The molecule has 0 spiro atoms. The predicted molar refractivity (Wildman–Crippen MR) is 86.3 cm³/mol. The van der Waals surface area contributed by atoms with Crippen molar-refractivity contribution in [1.29, 1.82) is 0 Å². The number of methoxy groups -OCH3 is 1. The summed E-state index contributed by atoms with van der Waals surface area (Å²) in [6, 6.07) is 8.41. The number of hydrogen-bond acceptors (Lipinski definition) is 3. The Morgan fingerprint density at radius 2 is 1.75 bits per heavy atom. The zero-order valence-corrected chi connectivity index (χ0v) is 13.1. The van der Waals surface area contributed by atoms with Crippen molar-refractivity contribution in [1.82, 2.24) is 4.90 Å². The van der Waals surface area contributed by atoms with E-state index in [-0.39, 0.29) is 0 Å². The summed E-state index contributed by atoms with van der Waals surface area (Å²) in [6.07, 6.45) is 6.00. The van der Waals surface area contributed by atoms with Crippen molar-refractivity contribution < 1.29 is 4.74 Å². The van der Waals surface area contributed by atoms with Crippen molar-refractivity contribution in [2.75, 3.05) is 33.3 Å². The zero-order valence-electron chi connectivity index (χ0n) is 13.1. The third-order valence-electron chi connectivity index (χ3n) is 3.59. The molecule has 114 valence electrons. The topological polar surface area (TPSA) is 38.5 Å². The van der Waals surface area contributed by atoms with E-state index in [1.54, 1.807) is 7.11 Å². The summed E-state index contributed by atoms with van der Waals surface area (Å²) in [4.78, 5) is 2.57.